The second-order valence-corrected chi connectivity index (χ2v) is 7.97. The summed E-state index contributed by atoms with van der Waals surface area (Å²) >= 11 is 0. The monoisotopic (exact) mass is 346 g/mol. The lowest BCUT2D eigenvalue weighted by Crippen LogP contribution is -2.50. The summed E-state index contributed by atoms with van der Waals surface area (Å²) in [6.07, 6.45) is 5.90. The van der Waals surface area contributed by atoms with Gasteiger partial charge in [0.05, 0.1) is 17.2 Å². The number of aliphatic hydroxyl groups is 1. The number of amides is 1. The van der Waals surface area contributed by atoms with Gasteiger partial charge in [0.15, 0.2) is 0 Å². The zero-order chi connectivity index (χ0) is 17.4. The molecular weight excluding hydrogens is 319 g/mol. The van der Waals surface area contributed by atoms with Gasteiger partial charge in [-0.25, -0.2) is 4.39 Å². The van der Waals surface area contributed by atoms with Crippen LogP contribution in [0.15, 0.2) is 24.3 Å². The van der Waals surface area contributed by atoms with E-state index < -0.39 is 0 Å². The maximum absolute atomic E-state index is 14.2. The molecule has 4 rings (SSSR count). The number of hydrogen-bond donors (Lipinski definition) is 1. The lowest BCUT2D eigenvalue weighted by atomic mass is 9.78. The summed E-state index contributed by atoms with van der Waals surface area (Å²) < 4.78 is 14.2. The maximum atomic E-state index is 14.2. The third kappa shape index (κ3) is 3.03. The van der Waals surface area contributed by atoms with Crippen molar-refractivity contribution in [3.8, 4) is 0 Å². The molecule has 1 amide bonds. The quantitative estimate of drug-likeness (QED) is 0.895. The van der Waals surface area contributed by atoms with E-state index in [0.717, 1.165) is 58.0 Å². The number of aliphatic hydroxyl groups excluding tert-OH is 1. The normalized spacial score (nSPS) is 33.3. The Morgan fingerprint density at radius 2 is 1.84 bits per heavy atom. The van der Waals surface area contributed by atoms with Gasteiger partial charge in [0.2, 0.25) is 5.91 Å². The first-order valence-electron chi connectivity index (χ1n) is 9.58. The molecule has 2 heterocycles. The van der Waals surface area contributed by atoms with Crippen molar-refractivity contribution < 1.29 is 14.3 Å². The van der Waals surface area contributed by atoms with Gasteiger partial charge in [0.1, 0.15) is 5.82 Å². The average Bonchev–Trinajstić information content (AvgIpc) is 2.92. The first-order chi connectivity index (χ1) is 12.1. The van der Waals surface area contributed by atoms with Gasteiger partial charge < -0.3 is 14.9 Å². The van der Waals surface area contributed by atoms with Gasteiger partial charge in [0.25, 0.3) is 0 Å². The van der Waals surface area contributed by atoms with E-state index in [2.05, 4.69) is 9.80 Å². The van der Waals surface area contributed by atoms with E-state index in [0.29, 0.717) is 12.2 Å². The van der Waals surface area contributed by atoms with Crippen LogP contribution in [-0.4, -0.2) is 47.7 Å². The molecule has 0 unspecified atom stereocenters. The van der Waals surface area contributed by atoms with Crippen molar-refractivity contribution in [2.45, 2.75) is 57.1 Å². The molecule has 5 heteroatoms. The van der Waals surface area contributed by atoms with Crippen molar-refractivity contribution in [2.24, 2.45) is 5.41 Å². The van der Waals surface area contributed by atoms with Crippen LogP contribution < -0.4 is 4.90 Å². The van der Waals surface area contributed by atoms with Gasteiger partial charge in [-0.3, -0.25) is 4.79 Å². The molecule has 1 saturated carbocycles. The van der Waals surface area contributed by atoms with Gasteiger partial charge in [0, 0.05) is 25.7 Å². The molecule has 25 heavy (non-hydrogen) atoms. The molecule has 1 aromatic carbocycles. The van der Waals surface area contributed by atoms with Crippen LogP contribution in [0.25, 0.3) is 0 Å². The van der Waals surface area contributed by atoms with E-state index >= 15 is 0 Å². The predicted octanol–water partition coefficient (Wildman–Crippen LogP) is 2.95. The van der Waals surface area contributed by atoms with E-state index in [1.54, 1.807) is 6.07 Å². The molecular formula is C20H27FN2O2. The van der Waals surface area contributed by atoms with Crippen molar-refractivity contribution in [1.82, 2.24) is 4.90 Å². The van der Waals surface area contributed by atoms with E-state index in [-0.39, 0.29) is 29.3 Å². The maximum Gasteiger partial charge on any atom is 0.230 e. The minimum Gasteiger partial charge on any atom is -0.393 e. The third-order valence-electron chi connectivity index (χ3n) is 6.42. The molecule has 2 saturated heterocycles. The molecule has 3 fully saturated rings. The molecule has 3 aliphatic rings. The fourth-order valence-corrected chi connectivity index (χ4v) is 4.99. The number of anilines is 1. The Morgan fingerprint density at radius 1 is 1.08 bits per heavy atom. The number of hydrogen-bond acceptors (Lipinski definition) is 3. The van der Waals surface area contributed by atoms with Crippen molar-refractivity contribution in [3.05, 3.63) is 30.1 Å². The molecule has 1 atom stereocenters. The fraction of sp³-hybridized carbons (Fsp3) is 0.650. The summed E-state index contributed by atoms with van der Waals surface area (Å²) in [5, 5.41) is 9.72. The Balaban J connectivity index is 1.50. The summed E-state index contributed by atoms with van der Waals surface area (Å²) in [6, 6.07) is 7.15. The number of halogens is 1. The largest absolute Gasteiger partial charge is 0.393 e. The van der Waals surface area contributed by atoms with Gasteiger partial charge in [-0.2, -0.15) is 0 Å². The first kappa shape index (κ1) is 16.8. The summed E-state index contributed by atoms with van der Waals surface area (Å²) in [7, 11) is 0. The van der Waals surface area contributed by atoms with Crippen molar-refractivity contribution in [2.75, 3.05) is 24.5 Å². The molecule has 0 radical (unpaired) electrons. The van der Waals surface area contributed by atoms with Crippen LogP contribution >= 0.6 is 0 Å². The summed E-state index contributed by atoms with van der Waals surface area (Å²) in [4.78, 5) is 17.4. The highest BCUT2D eigenvalue weighted by atomic mass is 19.1. The van der Waals surface area contributed by atoms with Gasteiger partial charge in [-0.15, -0.1) is 0 Å². The minimum atomic E-state index is -0.351. The molecule has 1 aliphatic carbocycles. The SMILES string of the molecule is O=C1N([C@H]2CC[C@H](O)CC2)CC[C@]12CCCN(c1ccccc1F)C2. The van der Waals surface area contributed by atoms with Crippen LogP contribution in [0.2, 0.25) is 0 Å². The molecule has 136 valence electrons. The van der Waals surface area contributed by atoms with Crippen LogP contribution in [0.3, 0.4) is 0 Å². The number of carbonyl (C=O) groups excluding carboxylic acids is 1. The lowest BCUT2D eigenvalue weighted by molar-refractivity contribution is -0.139. The first-order valence-corrected chi connectivity index (χ1v) is 9.58. The second-order valence-electron chi connectivity index (χ2n) is 7.97. The average molecular weight is 346 g/mol. The standard InChI is InChI=1S/C20H27FN2O2/c21-17-4-1-2-5-18(17)22-12-3-10-20(14-22)11-13-23(19(20)25)15-6-8-16(24)9-7-15/h1-2,4-5,15-16,24H,3,6-14H2/t15-,16-,20-/m0/s1. The van der Waals surface area contributed by atoms with E-state index in [4.69, 9.17) is 0 Å². The van der Waals surface area contributed by atoms with Crippen molar-refractivity contribution in [3.63, 3.8) is 0 Å². The van der Waals surface area contributed by atoms with Crippen LogP contribution in [0, 0.1) is 11.2 Å². The highest BCUT2D eigenvalue weighted by Crippen LogP contribution is 2.43. The molecule has 1 aromatic rings. The molecule has 1 spiro atoms. The predicted molar refractivity (Wildman–Crippen MR) is 94.9 cm³/mol. The highest BCUT2D eigenvalue weighted by molar-refractivity contribution is 5.86. The molecule has 0 bridgehead atoms. The van der Waals surface area contributed by atoms with Crippen molar-refractivity contribution >= 4 is 11.6 Å². The zero-order valence-corrected chi connectivity index (χ0v) is 14.7. The van der Waals surface area contributed by atoms with Gasteiger partial charge in [-0.05, 0) is 57.1 Å². The summed E-state index contributed by atoms with van der Waals surface area (Å²) in [6.45, 7) is 2.24. The Labute approximate surface area is 148 Å². The molecule has 0 aromatic heterocycles. The minimum absolute atomic E-state index is 0.200. The number of likely N-dealkylation sites (tertiary alicyclic amines) is 1. The van der Waals surface area contributed by atoms with Crippen LogP contribution in [0.5, 0.6) is 0 Å². The summed E-state index contributed by atoms with van der Waals surface area (Å²) in [5.74, 6) is 0.0537. The topological polar surface area (TPSA) is 43.8 Å². The number of para-hydroxylation sites is 1. The number of nitrogens with zero attached hydrogens (tertiary/aromatic N) is 2. The highest BCUT2D eigenvalue weighted by Gasteiger charge is 2.50. The number of benzene rings is 1. The number of rotatable bonds is 2. The van der Waals surface area contributed by atoms with Gasteiger partial charge in [-0.1, -0.05) is 12.1 Å². The van der Waals surface area contributed by atoms with E-state index in [9.17, 15) is 14.3 Å². The van der Waals surface area contributed by atoms with Crippen LogP contribution in [0.4, 0.5) is 10.1 Å². The number of carbonyl (C=O) groups is 1. The molecule has 4 nitrogen and oxygen atoms in total. The Bertz CT molecular complexity index is 644. The lowest BCUT2D eigenvalue weighted by Gasteiger charge is -2.41. The van der Waals surface area contributed by atoms with Gasteiger partial charge >= 0.3 is 0 Å². The number of piperidine rings is 1. The van der Waals surface area contributed by atoms with E-state index in [1.807, 2.05) is 12.1 Å². The Kier molecular flexibility index (Phi) is 4.44. The third-order valence-corrected chi connectivity index (χ3v) is 6.42. The molecule has 2 aliphatic heterocycles. The van der Waals surface area contributed by atoms with Crippen LogP contribution in [-0.2, 0) is 4.79 Å². The van der Waals surface area contributed by atoms with E-state index in [1.165, 1.54) is 6.07 Å². The zero-order valence-electron chi connectivity index (χ0n) is 14.7. The Hall–Kier alpha value is -1.62. The van der Waals surface area contributed by atoms with Crippen LogP contribution in [0.1, 0.15) is 44.9 Å². The molecule has 1 N–H and O–H groups in total. The smallest absolute Gasteiger partial charge is 0.230 e. The van der Waals surface area contributed by atoms with Crippen molar-refractivity contribution in [1.29, 1.82) is 0 Å². The fourth-order valence-electron chi connectivity index (χ4n) is 4.99. The second kappa shape index (κ2) is 6.60. The Morgan fingerprint density at radius 3 is 2.60 bits per heavy atom. The summed E-state index contributed by atoms with van der Waals surface area (Å²) in [5.41, 5.74) is 0.268.